The molecule has 0 unspecified atom stereocenters. The van der Waals surface area contributed by atoms with E-state index in [-0.39, 0.29) is 11.6 Å². The Bertz CT molecular complexity index is 910. The van der Waals surface area contributed by atoms with E-state index in [1.165, 1.54) is 17.3 Å². The fraction of sp³-hybridized carbons (Fsp3) is 0.105. The van der Waals surface area contributed by atoms with Gasteiger partial charge in [0.2, 0.25) is 0 Å². The lowest BCUT2D eigenvalue weighted by atomic mass is 10.1. The summed E-state index contributed by atoms with van der Waals surface area (Å²) in [6, 6.07) is 13.4. The summed E-state index contributed by atoms with van der Waals surface area (Å²) >= 11 is 3.37. The van der Waals surface area contributed by atoms with Crippen LogP contribution in [0.4, 0.5) is 17.2 Å². The second-order valence-electron chi connectivity index (χ2n) is 5.68. The molecule has 126 valence electrons. The standard InChI is InChI=1S/C19H17BrN4O/c1-12-6-7-16(8-13(12)2)23-18-11-21-17(10-22-18)19(25)24-15-5-3-4-14(20)9-15/h3-11H,1-2H3,(H,22,23)(H,24,25). The lowest BCUT2D eigenvalue weighted by Crippen LogP contribution is -2.14. The second kappa shape index (κ2) is 7.44. The quantitative estimate of drug-likeness (QED) is 0.661. The fourth-order valence-corrected chi connectivity index (χ4v) is 2.64. The van der Waals surface area contributed by atoms with Gasteiger partial charge in [-0.2, -0.15) is 0 Å². The minimum Gasteiger partial charge on any atom is -0.339 e. The molecule has 0 aliphatic heterocycles. The Labute approximate surface area is 154 Å². The van der Waals surface area contributed by atoms with Gasteiger partial charge in [0.05, 0.1) is 12.4 Å². The van der Waals surface area contributed by atoms with Gasteiger partial charge in [-0.3, -0.25) is 4.79 Å². The van der Waals surface area contributed by atoms with Crippen molar-refractivity contribution in [2.45, 2.75) is 13.8 Å². The molecule has 0 saturated carbocycles. The molecule has 0 aliphatic rings. The first-order chi connectivity index (χ1) is 12.0. The van der Waals surface area contributed by atoms with Gasteiger partial charge in [0.1, 0.15) is 11.5 Å². The van der Waals surface area contributed by atoms with Gasteiger partial charge < -0.3 is 10.6 Å². The molecule has 1 aromatic heterocycles. The molecule has 0 radical (unpaired) electrons. The third-order valence-electron chi connectivity index (χ3n) is 3.75. The van der Waals surface area contributed by atoms with E-state index < -0.39 is 0 Å². The smallest absolute Gasteiger partial charge is 0.275 e. The number of halogens is 1. The van der Waals surface area contributed by atoms with Crippen molar-refractivity contribution in [1.29, 1.82) is 0 Å². The number of carbonyl (C=O) groups excluding carboxylic acids is 1. The maximum atomic E-state index is 12.2. The largest absolute Gasteiger partial charge is 0.339 e. The highest BCUT2D eigenvalue weighted by atomic mass is 79.9. The predicted octanol–water partition coefficient (Wildman–Crippen LogP) is 4.85. The minimum atomic E-state index is -0.302. The third kappa shape index (κ3) is 4.42. The molecule has 1 amide bonds. The summed E-state index contributed by atoms with van der Waals surface area (Å²) in [6.45, 7) is 4.12. The van der Waals surface area contributed by atoms with Crippen molar-refractivity contribution in [2.75, 3.05) is 10.6 Å². The molecule has 25 heavy (non-hydrogen) atoms. The minimum absolute atomic E-state index is 0.255. The Balaban J connectivity index is 1.69. The van der Waals surface area contributed by atoms with Crippen LogP contribution in [0.1, 0.15) is 21.6 Å². The zero-order valence-corrected chi connectivity index (χ0v) is 15.5. The van der Waals surface area contributed by atoms with E-state index >= 15 is 0 Å². The van der Waals surface area contributed by atoms with Crippen LogP contribution in [0.3, 0.4) is 0 Å². The monoisotopic (exact) mass is 396 g/mol. The number of anilines is 3. The topological polar surface area (TPSA) is 66.9 Å². The molecule has 0 atom stereocenters. The number of carbonyl (C=O) groups is 1. The van der Waals surface area contributed by atoms with Crippen LogP contribution in [0.15, 0.2) is 59.3 Å². The molecule has 2 N–H and O–H groups in total. The maximum Gasteiger partial charge on any atom is 0.275 e. The molecule has 0 fully saturated rings. The summed E-state index contributed by atoms with van der Waals surface area (Å²) in [6.07, 6.45) is 3.00. The van der Waals surface area contributed by atoms with E-state index in [4.69, 9.17) is 0 Å². The molecule has 3 rings (SSSR count). The number of hydrogen-bond acceptors (Lipinski definition) is 4. The SMILES string of the molecule is Cc1ccc(Nc2cnc(C(=O)Nc3cccc(Br)c3)cn2)cc1C. The van der Waals surface area contributed by atoms with Crippen molar-refractivity contribution in [3.63, 3.8) is 0 Å². The zero-order valence-electron chi connectivity index (χ0n) is 13.9. The molecule has 5 nitrogen and oxygen atoms in total. The number of nitrogens with zero attached hydrogens (tertiary/aromatic N) is 2. The Kier molecular flexibility index (Phi) is 5.09. The summed E-state index contributed by atoms with van der Waals surface area (Å²) in [4.78, 5) is 20.7. The second-order valence-corrected chi connectivity index (χ2v) is 6.59. The van der Waals surface area contributed by atoms with E-state index in [1.807, 2.05) is 42.5 Å². The number of rotatable bonds is 4. The molecular weight excluding hydrogens is 380 g/mol. The van der Waals surface area contributed by atoms with Gasteiger partial charge in [-0.15, -0.1) is 0 Å². The summed E-state index contributed by atoms with van der Waals surface area (Å²) in [5, 5.41) is 5.97. The highest BCUT2D eigenvalue weighted by Crippen LogP contribution is 2.18. The Morgan fingerprint density at radius 1 is 0.960 bits per heavy atom. The van der Waals surface area contributed by atoms with E-state index in [2.05, 4.69) is 50.4 Å². The van der Waals surface area contributed by atoms with E-state index in [1.54, 1.807) is 6.20 Å². The van der Waals surface area contributed by atoms with Gasteiger partial charge in [0.25, 0.3) is 5.91 Å². The van der Waals surface area contributed by atoms with Gasteiger partial charge in [0.15, 0.2) is 0 Å². The fourth-order valence-electron chi connectivity index (χ4n) is 2.24. The highest BCUT2D eigenvalue weighted by molar-refractivity contribution is 9.10. The van der Waals surface area contributed by atoms with Crippen LogP contribution in [0, 0.1) is 13.8 Å². The number of amides is 1. The van der Waals surface area contributed by atoms with Gasteiger partial charge in [-0.1, -0.05) is 28.1 Å². The van der Waals surface area contributed by atoms with Crippen molar-refractivity contribution < 1.29 is 4.79 Å². The molecule has 0 aliphatic carbocycles. The lowest BCUT2D eigenvalue weighted by Gasteiger charge is -2.08. The molecule has 1 heterocycles. The molecule has 0 saturated heterocycles. The normalized spacial score (nSPS) is 10.4. The van der Waals surface area contributed by atoms with E-state index in [0.717, 1.165) is 10.2 Å². The summed E-state index contributed by atoms with van der Waals surface area (Å²) in [7, 11) is 0. The number of aromatic nitrogens is 2. The van der Waals surface area contributed by atoms with Gasteiger partial charge >= 0.3 is 0 Å². The summed E-state index contributed by atoms with van der Waals surface area (Å²) < 4.78 is 0.893. The zero-order chi connectivity index (χ0) is 17.8. The highest BCUT2D eigenvalue weighted by Gasteiger charge is 2.09. The van der Waals surface area contributed by atoms with Gasteiger partial charge in [-0.25, -0.2) is 9.97 Å². The Hall–Kier alpha value is -2.73. The van der Waals surface area contributed by atoms with Crippen LogP contribution in [0.2, 0.25) is 0 Å². The van der Waals surface area contributed by atoms with Crippen molar-refractivity contribution in [1.82, 2.24) is 9.97 Å². The average molecular weight is 397 g/mol. The number of hydrogen-bond donors (Lipinski definition) is 2. The van der Waals surface area contributed by atoms with Crippen molar-refractivity contribution in [2.24, 2.45) is 0 Å². The Morgan fingerprint density at radius 2 is 1.80 bits per heavy atom. The molecule has 0 bridgehead atoms. The van der Waals surface area contributed by atoms with Gasteiger partial charge in [0, 0.05) is 15.8 Å². The molecule has 6 heteroatoms. The Morgan fingerprint density at radius 3 is 2.48 bits per heavy atom. The molecular formula is C19H17BrN4O. The van der Waals surface area contributed by atoms with E-state index in [9.17, 15) is 4.79 Å². The van der Waals surface area contributed by atoms with Gasteiger partial charge in [-0.05, 0) is 55.3 Å². The van der Waals surface area contributed by atoms with Crippen LogP contribution in [-0.4, -0.2) is 15.9 Å². The first-order valence-electron chi connectivity index (χ1n) is 7.74. The first kappa shape index (κ1) is 17.1. The van der Waals surface area contributed by atoms with Crippen LogP contribution in [0.25, 0.3) is 0 Å². The third-order valence-corrected chi connectivity index (χ3v) is 4.24. The van der Waals surface area contributed by atoms with Crippen LogP contribution in [-0.2, 0) is 0 Å². The lowest BCUT2D eigenvalue weighted by molar-refractivity contribution is 0.102. The van der Waals surface area contributed by atoms with Crippen LogP contribution >= 0.6 is 15.9 Å². The van der Waals surface area contributed by atoms with Crippen molar-refractivity contribution >= 4 is 39.0 Å². The summed E-state index contributed by atoms with van der Waals surface area (Å²) in [5.41, 5.74) is 4.31. The van der Waals surface area contributed by atoms with Crippen LogP contribution < -0.4 is 10.6 Å². The average Bonchev–Trinajstić information content (AvgIpc) is 2.59. The molecule has 2 aromatic carbocycles. The number of nitrogens with one attached hydrogen (secondary N) is 2. The predicted molar refractivity (Wildman–Crippen MR) is 103 cm³/mol. The molecule has 3 aromatic rings. The van der Waals surface area contributed by atoms with Crippen molar-refractivity contribution in [3.05, 3.63) is 76.2 Å². The van der Waals surface area contributed by atoms with Crippen molar-refractivity contribution in [3.8, 4) is 0 Å². The molecule has 0 spiro atoms. The van der Waals surface area contributed by atoms with Crippen LogP contribution in [0.5, 0.6) is 0 Å². The van der Waals surface area contributed by atoms with E-state index in [0.29, 0.717) is 11.5 Å². The number of aryl methyl sites for hydroxylation is 2. The first-order valence-corrected chi connectivity index (χ1v) is 8.54. The maximum absolute atomic E-state index is 12.2. The number of benzene rings is 2. The summed E-state index contributed by atoms with van der Waals surface area (Å²) in [5.74, 6) is 0.283.